The molecule has 94 valence electrons. The van der Waals surface area contributed by atoms with E-state index in [0.717, 1.165) is 17.8 Å². The molecule has 0 heterocycles. The minimum atomic E-state index is 0.206. The van der Waals surface area contributed by atoms with Crippen molar-refractivity contribution in [2.75, 3.05) is 11.5 Å². The monoisotopic (exact) mass is 241 g/mol. The molecule has 2 heteroatoms. The zero-order valence-corrected chi connectivity index (χ0v) is 10.7. The lowest BCUT2D eigenvalue weighted by Crippen LogP contribution is -2.29. The predicted octanol–water partition coefficient (Wildman–Crippen LogP) is 3.60. The summed E-state index contributed by atoms with van der Waals surface area (Å²) >= 11 is 0. The Balaban J connectivity index is 2.35. The van der Waals surface area contributed by atoms with Gasteiger partial charge in [-0.25, -0.2) is 0 Å². The van der Waals surface area contributed by atoms with Crippen LogP contribution in [-0.2, 0) is 0 Å². The first-order valence-electron chi connectivity index (χ1n) is 6.33. The van der Waals surface area contributed by atoms with E-state index in [-0.39, 0.29) is 12.6 Å². The number of rotatable bonds is 5. The van der Waals surface area contributed by atoms with Crippen molar-refractivity contribution in [1.29, 1.82) is 0 Å². The molecule has 0 bridgehead atoms. The van der Waals surface area contributed by atoms with Gasteiger partial charge in [-0.15, -0.1) is 0 Å². The second-order valence-corrected chi connectivity index (χ2v) is 4.40. The summed E-state index contributed by atoms with van der Waals surface area (Å²) in [6, 6.07) is 20.8. The van der Waals surface area contributed by atoms with Gasteiger partial charge in [0.15, 0.2) is 0 Å². The molecule has 0 aliphatic rings. The minimum absolute atomic E-state index is 0.206. The van der Waals surface area contributed by atoms with E-state index in [1.807, 2.05) is 36.4 Å². The molecule has 2 aromatic carbocycles. The fourth-order valence-corrected chi connectivity index (χ4v) is 2.15. The first kappa shape index (κ1) is 12.7. The molecule has 1 unspecified atom stereocenters. The molecular weight excluding hydrogens is 222 g/mol. The van der Waals surface area contributed by atoms with Gasteiger partial charge in [-0.05, 0) is 37.6 Å². The van der Waals surface area contributed by atoms with Crippen LogP contribution in [0.5, 0.6) is 0 Å². The molecule has 2 nitrogen and oxygen atoms in total. The molecule has 0 aliphatic heterocycles. The van der Waals surface area contributed by atoms with Gasteiger partial charge in [-0.3, -0.25) is 0 Å². The third-order valence-electron chi connectivity index (χ3n) is 3.06. The van der Waals surface area contributed by atoms with Crippen molar-refractivity contribution in [3.05, 3.63) is 60.7 Å². The Hall–Kier alpha value is -1.80. The van der Waals surface area contributed by atoms with Crippen LogP contribution >= 0.6 is 0 Å². The Labute approximate surface area is 109 Å². The second kappa shape index (κ2) is 6.22. The highest BCUT2D eigenvalue weighted by Gasteiger charge is 2.15. The number of hydrogen-bond donors (Lipinski definition) is 1. The van der Waals surface area contributed by atoms with Gasteiger partial charge in [-0.1, -0.05) is 36.4 Å². The van der Waals surface area contributed by atoms with Gasteiger partial charge in [0.2, 0.25) is 0 Å². The summed E-state index contributed by atoms with van der Waals surface area (Å²) in [5, 5.41) is 9.15. The standard InChI is InChI=1S/C16H19NO/c1-14(12-13-18)17(15-8-4-2-5-9-15)16-10-6-3-7-11-16/h2-11,14,18H,12-13H2,1H3. The lowest BCUT2D eigenvalue weighted by Gasteiger charge is -2.31. The van der Waals surface area contributed by atoms with Crippen molar-refractivity contribution in [3.63, 3.8) is 0 Å². The van der Waals surface area contributed by atoms with Crippen molar-refractivity contribution in [1.82, 2.24) is 0 Å². The first-order valence-corrected chi connectivity index (χ1v) is 6.33. The zero-order valence-electron chi connectivity index (χ0n) is 10.7. The molecule has 2 aromatic rings. The maximum absolute atomic E-state index is 9.15. The molecular formula is C16H19NO. The summed E-state index contributed by atoms with van der Waals surface area (Å²) in [5.74, 6) is 0. The molecule has 1 N–H and O–H groups in total. The molecule has 0 radical (unpaired) electrons. The Morgan fingerprint density at radius 1 is 0.889 bits per heavy atom. The van der Waals surface area contributed by atoms with Crippen molar-refractivity contribution in [2.24, 2.45) is 0 Å². The van der Waals surface area contributed by atoms with Crippen molar-refractivity contribution in [2.45, 2.75) is 19.4 Å². The van der Waals surface area contributed by atoms with Gasteiger partial charge < -0.3 is 10.0 Å². The van der Waals surface area contributed by atoms with E-state index in [1.54, 1.807) is 0 Å². The van der Waals surface area contributed by atoms with E-state index in [9.17, 15) is 0 Å². The number of nitrogens with zero attached hydrogens (tertiary/aromatic N) is 1. The van der Waals surface area contributed by atoms with Gasteiger partial charge in [0, 0.05) is 24.0 Å². The van der Waals surface area contributed by atoms with E-state index in [0.29, 0.717) is 0 Å². The Morgan fingerprint density at radius 3 is 1.72 bits per heavy atom. The summed E-state index contributed by atoms with van der Waals surface area (Å²) in [6.07, 6.45) is 0.754. The van der Waals surface area contributed by atoms with E-state index in [2.05, 4.69) is 36.1 Å². The molecule has 0 amide bonds. The number of benzene rings is 2. The van der Waals surface area contributed by atoms with E-state index in [4.69, 9.17) is 5.11 Å². The van der Waals surface area contributed by atoms with Crippen LogP contribution in [0.3, 0.4) is 0 Å². The Morgan fingerprint density at radius 2 is 1.33 bits per heavy atom. The lowest BCUT2D eigenvalue weighted by molar-refractivity contribution is 0.278. The maximum Gasteiger partial charge on any atom is 0.0450 e. The van der Waals surface area contributed by atoms with Crippen LogP contribution in [-0.4, -0.2) is 17.8 Å². The van der Waals surface area contributed by atoms with E-state index in [1.165, 1.54) is 0 Å². The molecule has 2 rings (SSSR count). The fraction of sp³-hybridized carbons (Fsp3) is 0.250. The normalized spacial score (nSPS) is 12.1. The van der Waals surface area contributed by atoms with Crippen LogP contribution < -0.4 is 4.90 Å². The average Bonchev–Trinajstić information content (AvgIpc) is 2.42. The second-order valence-electron chi connectivity index (χ2n) is 4.40. The van der Waals surface area contributed by atoms with Gasteiger partial charge in [-0.2, -0.15) is 0 Å². The SMILES string of the molecule is CC(CCO)N(c1ccccc1)c1ccccc1. The van der Waals surface area contributed by atoms with Gasteiger partial charge in [0.05, 0.1) is 0 Å². The Kier molecular flexibility index (Phi) is 4.37. The van der Waals surface area contributed by atoms with Gasteiger partial charge >= 0.3 is 0 Å². The summed E-state index contributed by atoms with van der Waals surface area (Å²) in [5.41, 5.74) is 2.31. The molecule has 0 saturated carbocycles. The van der Waals surface area contributed by atoms with Crippen LogP contribution in [0.2, 0.25) is 0 Å². The average molecular weight is 241 g/mol. The van der Waals surface area contributed by atoms with E-state index >= 15 is 0 Å². The summed E-state index contributed by atoms with van der Waals surface area (Å²) in [7, 11) is 0. The lowest BCUT2D eigenvalue weighted by atomic mass is 10.1. The van der Waals surface area contributed by atoms with Crippen LogP contribution in [0, 0.1) is 0 Å². The highest BCUT2D eigenvalue weighted by Crippen LogP contribution is 2.28. The molecule has 0 saturated heterocycles. The molecule has 0 aliphatic carbocycles. The number of para-hydroxylation sites is 2. The van der Waals surface area contributed by atoms with E-state index < -0.39 is 0 Å². The van der Waals surface area contributed by atoms with Crippen LogP contribution in [0.4, 0.5) is 11.4 Å². The first-order chi connectivity index (χ1) is 8.83. The highest BCUT2D eigenvalue weighted by molar-refractivity contribution is 5.63. The maximum atomic E-state index is 9.15. The van der Waals surface area contributed by atoms with Gasteiger partial charge in [0.1, 0.15) is 0 Å². The van der Waals surface area contributed by atoms with Crippen LogP contribution in [0.15, 0.2) is 60.7 Å². The van der Waals surface area contributed by atoms with Crippen molar-refractivity contribution < 1.29 is 5.11 Å². The smallest absolute Gasteiger partial charge is 0.0450 e. The number of anilines is 2. The van der Waals surface area contributed by atoms with Crippen LogP contribution in [0.1, 0.15) is 13.3 Å². The summed E-state index contributed by atoms with van der Waals surface area (Å²) in [4.78, 5) is 2.26. The largest absolute Gasteiger partial charge is 0.396 e. The number of aliphatic hydroxyl groups is 1. The zero-order chi connectivity index (χ0) is 12.8. The summed E-state index contributed by atoms with van der Waals surface area (Å²) in [6.45, 7) is 2.34. The molecule has 0 fully saturated rings. The predicted molar refractivity (Wildman–Crippen MR) is 76.2 cm³/mol. The topological polar surface area (TPSA) is 23.5 Å². The molecule has 0 aromatic heterocycles. The molecule has 1 atom stereocenters. The molecule has 18 heavy (non-hydrogen) atoms. The number of hydrogen-bond acceptors (Lipinski definition) is 2. The fourth-order valence-electron chi connectivity index (χ4n) is 2.15. The summed E-state index contributed by atoms with van der Waals surface area (Å²) < 4.78 is 0. The third-order valence-corrected chi connectivity index (χ3v) is 3.06. The quantitative estimate of drug-likeness (QED) is 0.864. The number of aliphatic hydroxyl groups excluding tert-OH is 1. The minimum Gasteiger partial charge on any atom is -0.396 e. The van der Waals surface area contributed by atoms with Crippen molar-refractivity contribution in [3.8, 4) is 0 Å². The Bertz CT molecular complexity index is 416. The van der Waals surface area contributed by atoms with Crippen molar-refractivity contribution >= 4 is 11.4 Å². The molecule has 0 spiro atoms. The third kappa shape index (κ3) is 2.90. The van der Waals surface area contributed by atoms with Crippen LogP contribution in [0.25, 0.3) is 0 Å². The highest BCUT2D eigenvalue weighted by atomic mass is 16.3. The van der Waals surface area contributed by atoms with Gasteiger partial charge in [0.25, 0.3) is 0 Å².